The van der Waals surface area contributed by atoms with Crippen molar-refractivity contribution in [2.45, 2.75) is 50.9 Å². The summed E-state index contributed by atoms with van der Waals surface area (Å²) in [6.07, 6.45) is 3.83. The normalized spacial score (nSPS) is 23.5. The SMILES string of the molecule is CCSC1CCC(NCc2cc(F)ccc2C)C1. The van der Waals surface area contributed by atoms with Gasteiger partial charge in [0, 0.05) is 17.8 Å². The van der Waals surface area contributed by atoms with Crippen LogP contribution in [0.5, 0.6) is 0 Å². The Morgan fingerprint density at radius 1 is 1.39 bits per heavy atom. The first-order valence-electron chi connectivity index (χ1n) is 6.79. The number of thioether (sulfide) groups is 1. The molecule has 1 aliphatic carbocycles. The van der Waals surface area contributed by atoms with Crippen LogP contribution < -0.4 is 5.32 Å². The summed E-state index contributed by atoms with van der Waals surface area (Å²) in [5.74, 6) is 1.07. The van der Waals surface area contributed by atoms with E-state index in [0.29, 0.717) is 6.04 Å². The van der Waals surface area contributed by atoms with Crippen LogP contribution in [0.3, 0.4) is 0 Å². The zero-order valence-electron chi connectivity index (χ0n) is 11.2. The van der Waals surface area contributed by atoms with E-state index in [-0.39, 0.29) is 5.82 Å². The molecule has 2 rings (SSSR count). The molecule has 0 amide bonds. The van der Waals surface area contributed by atoms with E-state index in [9.17, 15) is 4.39 Å². The minimum Gasteiger partial charge on any atom is -0.310 e. The lowest BCUT2D eigenvalue weighted by Gasteiger charge is -2.14. The molecule has 18 heavy (non-hydrogen) atoms. The molecule has 1 nitrogen and oxygen atoms in total. The minimum absolute atomic E-state index is 0.136. The van der Waals surface area contributed by atoms with Crippen LogP contribution in [0.15, 0.2) is 18.2 Å². The predicted molar refractivity (Wildman–Crippen MR) is 77.5 cm³/mol. The first-order chi connectivity index (χ1) is 8.69. The van der Waals surface area contributed by atoms with Gasteiger partial charge < -0.3 is 5.32 Å². The Morgan fingerprint density at radius 3 is 3.00 bits per heavy atom. The Morgan fingerprint density at radius 2 is 2.22 bits per heavy atom. The van der Waals surface area contributed by atoms with Gasteiger partial charge >= 0.3 is 0 Å². The molecule has 2 atom stereocenters. The highest BCUT2D eigenvalue weighted by atomic mass is 32.2. The lowest BCUT2D eigenvalue weighted by Crippen LogP contribution is -2.26. The van der Waals surface area contributed by atoms with Crippen molar-refractivity contribution in [2.24, 2.45) is 0 Å². The van der Waals surface area contributed by atoms with E-state index in [2.05, 4.69) is 24.0 Å². The molecule has 1 aromatic carbocycles. The number of benzene rings is 1. The zero-order valence-corrected chi connectivity index (χ0v) is 12.0. The van der Waals surface area contributed by atoms with Crippen molar-refractivity contribution >= 4 is 11.8 Å². The molecule has 0 spiro atoms. The molecule has 1 fully saturated rings. The fraction of sp³-hybridized carbons (Fsp3) is 0.600. The van der Waals surface area contributed by atoms with E-state index in [1.165, 1.54) is 36.6 Å². The van der Waals surface area contributed by atoms with Crippen LogP contribution >= 0.6 is 11.8 Å². The Hall–Kier alpha value is -0.540. The van der Waals surface area contributed by atoms with E-state index < -0.39 is 0 Å². The molecular weight excluding hydrogens is 245 g/mol. The van der Waals surface area contributed by atoms with E-state index in [1.807, 2.05) is 13.0 Å². The average molecular weight is 267 g/mol. The number of rotatable bonds is 5. The Labute approximate surface area is 114 Å². The van der Waals surface area contributed by atoms with E-state index in [1.54, 1.807) is 6.07 Å². The van der Waals surface area contributed by atoms with Gasteiger partial charge in [0.1, 0.15) is 5.82 Å². The van der Waals surface area contributed by atoms with Gasteiger partial charge in [-0.05, 0) is 55.2 Å². The molecule has 1 saturated carbocycles. The maximum absolute atomic E-state index is 13.2. The third-order valence-corrected chi connectivity index (χ3v) is 4.91. The van der Waals surface area contributed by atoms with Gasteiger partial charge in [0.2, 0.25) is 0 Å². The molecule has 1 N–H and O–H groups in total. The number of hydrogen-bond donors (Lipinski definition) is 1. The molecular formula is C15H22FNS. The maximum Gasteiger partial charge on any atom is 0.123 e. The van der Waals surface area contributed by atoms with Crippen LogP contribution in [0.2, 0.25) is 0 Å². The summed E-state index contributed by atoms with van der Waals surface area (Å²) in [5, 5.41) is 4.39. The lowest BCUT2D eigenvalue weighted by atomic mass is 10.1. The van der Waals surface area contributed by atoms with Crippen LogP contribution in [0.25, 0.3) is 0 Å². The van der Waals surface area contributed by atoms with Gasteiger partial charge in [0.25, 0.3) is 0 Å². The minimum atomic E-state index is -0.136. The van der Waals surface area contributed by atoms with E-state index in [0.717, 1.165) is 17.4 Å². The molecule has 2 unspecified atom stereocenters. The fourth-order valence-electron chi connectivity index (χ4n) is 2.60. The molecule has 0 radical (unpaired) electrons. The van der Waals surface area contributed by atoms with Crippen molar-refractivity contribution in [3.05, 3.63) is 35.1 Å². The third kappa shape index (κ3) is 3.72. The van der Waals surface area contributed by atoms with Crippen LogP contribution in [-0.2, 0) is 6.54 Å². The van der Waals surface area contributed by atoms with Crippen LogP contribution in [-0.4, -0.2) is 17.0 Å². The molecule has 0 saturated heterocycles. The van der Waals surface area contributed by atoms with Crippen molar-refractivity contribution in [2.75, 3.05) is 5.75 Å². The van der Waals surface area contributed by atoms with Gasteiger partial charge in [-0.25, -0.2) is 4.39 Å². The van der Waals surface area contributed by atoms with Crippen molar-refractivity contribution < 1.29 is 4.39 Å². The zero-order chi connectivity index (χ0) is 13.0. The first-order valence-corrected chi connectivity index (χ1v) is 7.84. The molecule has 1 aliphatic rings. The van der Waals surface area contributed by atoms with Crippen molar-refractivity contribution in [3.8, 4) is 0 Å². The van der Waals surface area contributed by atoms with Crippen molar-refractivity contribution in [1.29, 1.82) is 0 Å². The smallest absolute Gasteiger partial charge is 0.123 e. The van der Waals surface area contributed by atoms with Crippen LogP contribution in [0.4, 0.5) is 4.39 Å². The van der Waals surface area contributed by atoms with Gasteiger partial charge in [-0.3, -0.25) is 0 Å². The Bertz CT molecular complexity index is 394. The Kier molecular flexibility index (Phi) is 5.07. The van der Waals surface area contributed by atoms with Crippen LogP contribution in [0, 0.1) is 12.7 Å². The van der Waals surface area contributed by atoms with Crippen molar-refractivity contribution in [1.82, 2.24) is 5.32 Å². The number of aryl methyl sites for hydroxylation is 1. The second-order valence-corrected chi connectivity index (χ2v) is 6.62. The second kappa shape index (κ2) is 6.58. The number of nitrogens with one attached hydrogen (secondary N) is 1. The molecule has 0 aromatic heterocycles. The van der Waals surface area contributed by atoms with Crippen LogP contribution in [0.1, 0.15) is 37.3 Å². The highest BCUT2D eigenvalue weighted by Gasteiger charge is 2.23. The first kappa shape index (κ1) is 13.9. The highest BCUT2D eigenvalue weighted by Crippen LogP contribution is 2.29. The topological polar surface area (TPSA) is 12.0 Å². The summed E-state index contributed by atoms with van der Waals surface area (Å²) in [5.41, 5.74) is 2.25. The number of hydrogen-bond acceptors (Lipinski definition) is 2. The van der Waals surface area contributed by atoms with Gasteiger partial charge in [0.15, 0.2) is 0 Å². The molecule has 0 aliphatic heterocycles. The second-order valence-electron chi connectivity index (χ2n) is 5.04. The van der Waals surface area contributed by atoms with Gasteiger partial charge in [-0.15, -0.1) is 0 Å². The standard InChI is InChI=1S/C15H22FNS/c1-3-18-15-7-6-14(9-15)17-10-12-8-13(16)5-4-11(12)2/h4-5,8,14-15,17H,3,6-7,9-10H2,1-2H3. The number of halogens is 1. The molecule has 100 valence electrons. The average Bonchev–Trinajstić information content (AvgIpc) is 2.79. The fourth-order valence-corrected chi connectivity index (χ4v) is 3.74. The summed E-state index contributed by atoms with van der Waals surface area (Å²) in [7, 11) is 0. The Balaban J connectivity index is 1.83. The largest absolute Gasteiger partial charge is 0.310 e. The monoisotopic (exact) mass is 267 g/mol. The quantitative estimate of drug-likeness (QED) is 0.868. The summed E-state index contributed by atoms with van der Waals surface area (Å²) in [6, 6.07) is 5.64. The maximum atomic E-state index is 13.2. The summed E-state index contributed by atoms with van der Waals surface area (Å²) in [4.78, 5) is 0. The predicted octanol–water partition coefficient (Wildman–Crippen LogP) is 3.90. The van der Waals surface area contributed by atoms with Gasteiger partial charge in [-0.1, -0.05) is 13.0 Å². The lowest BCUT2D eigenvalue weighted by molar-refractivity contribution is 0.522. The third-order valence-electron chi connectivity index (χ3n) is 3.68. The molecule has 0 heterocycles. The molecule has 0 bridgehead atoms. The highest BCUT2D eigenvalue weighted by molar-refractivity contribution is 7.99. The molecule has 1 aromatic rings. The summed E-state index contributed by atoms with van der Waals surface area (Å²) in [6.45, 7) is 5.06. The van der Waals surface area contributed by atoms with Crippen molar-refractivity contribution in [3.63, 3.8) is 0 Å². The van der Waals surface area contributed by atoms with E-state index >= 15 is 0 Å². The summed E-state index contributed by atoms with van der Waals surface area (Å²) >= 11 is 2.07. The van der Waals surface area contributed by atoms with E-state index in [4.69, 9.17) is 0 Å². The summed E-state index contributed by atoms with van der Waals surface area (Å²) < 4.78 is 13.2. The van der Waals surface area contributed by atoms with Gasteiger partial charge in [0.05, 0.1) is 0 Å². The molecule has 3 heteroatoms. The van der Waals surface area contributed by atoms with Gasteiger partial charge in [-0.2, -0.15) is 11.8 Å².